The molecule has 1 aliphatic rings. The van der Waals surface area contributed by atoms with E-state index in [4.69, 9.17) is 5.14 Å². The number of nitrogens with two attached hydrogens (primary N) is 1. The molecule has 5 N–H and O–H groups in total. The van der Waals surface area contributed by atoms with E-state index in [9.17, 15) is 22.8 Å². The maximum absolute atomic E-state index is 13.3. The number of carbonyl (C=O) groups excluding carboxylic acids is 3. The Kier molecular flexibility index (Phi) is 10.2. The van der Waals surface area contributed by atoms with Crippen molar-refractivity contribution in [1.29, 1.82) is 0 Å². The lowest BCUT2D eigenvalue weighted by atomic mass is 10.0. The van der Waals surface area contributed by atoms with E-state index in [1.54, 1.807) is 48.7 Å². The zero-order valence-electron chi connectivity index (χ0n) is 22.3. The first-order valence-electron chi connectivity index (χ1n) is 13.3. The highest BCUT2D eigenvalue weighted by atomic mass is 79.9. The number of anilines is 1. The second kappa shape index (κ2) is 13.8. The average Bonchev–Trinajstić information content (AvgIpc) is 3.22. The van der Waals surface area contributed by atoms with Gasteiger partial charge in [-0.05, 0) is 64.7 Å². The summed E-state index contributed by atoms with van der Waals surface area (Å²) in [6.45, 7) is 0. The van der Waals surface area contributed by atoms with Gasteiger partial charge in [0.15, 0.2) is 0 Å². The van der Waals surface area contributed by atoms with E-state index < -0.39 is 33.8 Å². The van der Waals surface area contributed by atoms with Crippen LogP contribution in [-0.4, -0.2) is 43.2 Å². The fourth-order valence-electron chi connectivity index (χ4n) is 4.76. The van der Waals surface area contributed by atoms with Gasteiger partial charge in [0.05, 0.1) is 11.3 Å². The largest absolute Gasteiger partial charge is 0.352 e. The molecule has 12 heteroatoms. The van der Waals surface area contributed by atoms with Crippen molar-refractivity contribution in [1.82, 2.24) is 15.6 Å². The Labute approximate surface area is 247 Å². The maximum Gasteiger partial charge on any atom is 0.251 e. The van der Waals surface area contributed by atoms with Gasteiger partial charge in [0.1, 0.15) is 11.9 Å². The minimum absolute atomic E-state index is 0.0150. The van der Waals surface area contributed by atoms with Crippen LogP contribution in [0.15, 0.2) is 76.2 Å². The fourth-order valence-corrected chi connectivity index (χ4v) is 5.75. The van der Waals surface area contributed by atoms with Crippen LogP contribution < -0.4 is 21.1 Å². The number of aromatic nitrogens is 1. The molecule has 1 aromatic heterocycles. The van der Waals surface area contributed by atoms with Gasteiger partial charge in [-0.15, -0.1) is 0 Å². The monoisotopic (exact) mass is 641 g/mol. The van der Waals surface area contributed by atoms with Crippen LogP contribution in [0.25, 0.3) is 11.1 Å². The summed E-state index contributed by atoms with van der Waals surface area (Å²) in [5, 5.41) is 13.7. The molecule has 0 radical (unpaired) electrons. The predicted molar refractivity (Wildman–Crippen MR) is 159 cm³/mol. The third-order valence-electron chi connectivity index (χ3n) is 6.86. The van der Waals surface area contributed by atoms with Gasteiger partial charge >= 0.3 is 0 Å². The van der Waals surface area contributed by atoms with Gasteiger partial charge in [0.2, 0.25) is 21.8 Å². The van der Waals surface area contributed by atoms with Gasteiger partial charge < -0.3 is 16.0 Å². The first-order valence-corrected chi connectivity index (χ1v) is 15.7. The van der Waals surface area contributed by atoms with Crippen LogP contribution in [-0.2, 0) is 19.6 Å². The number of benzene rings is 2. The quantitative estimate of drug-likeness (QED) is 0.257. The molecule has 1 aliphatic carbocycles. The van der Waals surface area contributed by atoms with Crippen LogP contribution in [0.1, 0.15) is 55.3 Å². The Bertz CT molecular complexity index is 1490. The summed E-state index contributed by atoms with van der Waals surface area (Å²) in [6.07, 6.45) is 7.21. The Hall–Kier alpha value is -3.61. The van der Waals surface area contributed by atoms with Gasteiger partial charge in [-0.2, -0.15) is 0 Å². The number of halogens is 1. The summed E-state index contributed by atoms with van der Waals surface area (Å²) in [7, 11) is -3.95. The van der Waals surface area contributed by atoms with Crippen molar-refractivity contribution >= 4 is 49.5 Å². The molecular weight excluding hydrogens is 610 g/mol. The van der Waals surface area contributed by atoms with Crippen molar-refractivity contribution in [3.05, 3.63) is 76.9 Å². The molecule has 1 atom stereocenters. The van der Waals surface area contributed by atoms with Crippen molar-refractivity contribution < 1.29 is 22.8 Å². The zero-order chi connectivity index (χ0) is 29.4. The number of nitrogens with zero attached hydrogens (tertiary/aromatic N) is 1. The number of primary sulfonamides is 1. The number of pyridine rings is 1. The Morgan fingerprint density at radius 1 is 0.951 bits per heavy atom. The second-order valence-corrected chi connectivity index (χ2v) is 12.4. The average molecular weight is 643 g/mol. The molecule has 0 saturated heterocycles. The van der Waals surface area contributed by atoms with Crippen molar-refractivity contribution in [2.75, 3.05) is 5.32 Å². The molecular formula is C29H32BrN5O5S. The number of amides is 3. The normalized spacial score (nSPS) is 14.9. The van der Waals surface area contributed by atoms with Gasteiger partial charge in [-0.25, -0.2) is 18.5 Å². The number of rotatable bonds is 9. The molecule has 0 aliphatic heterocycles. The van der Waals surface area contributed by atoms with E-state index in [-0.39, 0.29) is 22.9 Å². The number of carbonyl (C=O) groups is 3. The standard InChI is InChI=1S/C29H32BrN5O5S/c30-21-15-16-26(32-18-21)35-27(36)17-24(29(38)33-22-7-3-1-2-4-8-22)34-28(37)20-13-11-19(12-14-20)23-9-5-6-10-25(23)41(31,39)40/h5-6,9-16,18,22,24H,1-4,7-8,17H2,(H,33,38)(H,34,37)(H2,31,39,40)(H,32,35,36). The van der Waals surface area contributed by atoms with Gasteiger partial charge in [-0.1, -0.05) is 56.0 Å². The summed E-state index contributed by atoms with van der Waals surface area (Å²) in [4.78, 5) is 43.4. The molecule has 41 heavy (non-hydrogen) atoms. The van der Waals surface area contributed by atoms with E-state index in [2.05, 4.69) is 36.9 Å². The van der Waals surface area contributed by atoms with Crippen LogP contribution in [0, 0.1) is 0 Å². The molecule has 216 valence electrons. The lowest BCUT2D eigenvalue weighted by Gasteiger charge is -2.22. The topological polar surface area (TPSA) is 160 Å². The predicted octanol–water partition coefficient (Wildman–Crippen LogP) is 4.12. The number of hydrogen-bond donors (Lipinski definition) is 4. The Morgan fingerprint density at radius 3 is 2.27 bits per heavy atom. The lowest BCUT2D eigenvalue weighted by Crippen LogP contribution is -2.51. The molecule has 4 rings (SSSR count). The fraction of sp³-hybridized carbons (Fsp3) is 0.310. The van der Waals surface area contributed by atoms with Crippen molar-refractivity contribution in [3.8, 4) is 11.1 Å². The number of nitrogens with one attached hydrogen (secondary N) is 3. The van der Waals surface area contributed by atoms with Crippen molar-refractivity contribution in [2.45, 2.75) is 61.9 Å². The third-order valence-corrected chi connectivity index (χ3v) is 8.30. The molecule has 1 fully saturated rings. The summed E-state index contributed by atoms with van der Waals surface area (Å²) >= 11 is 3.29. The van der Waals surface area contributed by atoms with Crippen LogP contribution in [0.5, 0.6) is 0 Å². The van der Waals surface area contributed by atoms with E-state index in [0.29, 0.717) is 16.9 Å². The first-order chi connectivity index (χ1) is 19.6. The lowest BCUT2D eigenvalue weighted by molar-refractivity contribution is -0.127. The highest BCUT2D eigenvalue weighted by Crippen LogP contribution is 2.27. The highest BCUT2D eigenvalue weighted by Gasteiger charge is 2.27. The van der Waals surface area contributed by atoms with Crippen LogP contribution in [0.4, 0.5) is 5.82 Å². The molecule has 10 nitrogen and oxygen atoms in total. The molecule has 1 heterocycles. The van der Waals surface area contributed by atoms with Crippen LogP contribution >= 0.6 is 15.9 Å². The van der Waals surface area contributed by atoms with Crippen LogP contribution in [0.3, 0.4) is 0 Å². The van der Waals surface area contributed by atoms with Gasteiger partial charge in [0, 0.05) is 27.8 Å². The SMILES string of the molecule is NS(=O)(=O)c1ccccc1-c1ccc(C(=O)NC(CC(=O)Nc2ccc(Br)cn2)C(=O)NC2CCCCCC2)cc1. The number of sulfonamides is 1. The summed E-state index contributed by atoms with van der Waals surface area (Å²) in [5.41, 5.74) is 1.19. The molecule has 3 aromatic rings. The first kappa shape index (κ1) is 30.4. The second-order valence-electron chi connectivity index (χ2n) is 9.96. The van der Waals surface area contributed by atoms with Gasteiger partial charge in [-0.3, -0.25) is 14.4 Å². The highest BCUT2D eigenvalue weighted by molar-refractivity contribution is 9.10. The molecule has 2 aromatic carbocycles. The molecule has 0 spiro atoms. The van der Waals surface area contributed by atoms with E-state index in [1.165, 1.54) is 18.2 Å². The van der Waals surface area contributed by atoms with Gasteiger partial charge in [0.25, 0.3) is 5.91 Å². The van der Waals surface area contributed by atoms with Crippen LogP contribution in [0.2, 0.25) is 0 Å². The minimum Gasteiger partial charge on any atom is -0.352 e. The molecule has 0 bridgehead atoms. The van der Waals surface area contributed by atoms with E-state index in [1.807, 2.05) is 0 Å². The summed E-state index contributed by atoms with van der Waals surface area (Å²) in [5.74, 6) is -1.13. The smallest absolute Gasteiger partial charge is 0.251 e. The summed E-state index contributed by atoms with van der Waals surface area (Å²) in [6, 6.07) is 14.8. The summed E-state index contributed by atoms with van der Waals surface area (Å²) < 4.78 is 24.8. The maximum atomic E-state index is 13.3. The third kappa shape index (κ3) is 8.69. The minimum atomic E-state index is -3.95. The Morgan fingerprint density at radius 2 is 1.63 bits per heavy atom. The Balaban J connectivity index is 1.50. The molecule has 1 saturated carbocycles. The molecule has 1 unspecified atom stereocenters. The van der Waals surface area contributed by atoms with E-state index >= 15 is 0 Å². The zero-order valence-corrected chi connectivity index (χ0v) is 24.7. The number of hydrogen-bond acceptors (Lipinski definition) is 6. The molecule has 3 amide bonds. The van der Waals surface area contributed by atoms with E-state index in [0.717, 1.165) is 43.0 Å². The van der Waals surface area contributed by atoms with Crippen molar-refractivity contribution in [2.24, 2.45) is 5.14 Å². The van der Waals surface area contributed by atoms with Crippen molar-refractivity contribution in [3.63, 3.8) is 0 Å².